The van der Waals surface area contributed by atoms with Gasteiger partial charge in [-0.15, -0.1) is 0 Å². The third-order valence-electron chi connectivity index (χ3n) is 4.85. The minimum Gasteiger partial charge on any atom is -0.339 e. The Morgan fingerprint density at radius 3 is 2.25 bits per heavy atom. The summed E-state index contributed by atoms with van der Waals surface area (Å²) in [6, 6.07) is 13.7. The van der Waals surface area contributed by atoms with E-state index in [2.05, 4.69) is 0 Å². The number of carbonyl (C=O) groups excluding carboxylic acids is 1. The van der Waals surface area contributed by atoms with E-state index in [9.17, 15) is 13.2 Å². The van der Waals surface area contributed by atoms with Crippen molar-refractivity contribution < 1.29 is 13.2 Å². The van der Waals surface area contributed by atoms with Crippen molar-refractivity contribution in [3.05, 3.63) is 64.7 Å². The third kappa shape index (κ3) is 5.13. The Morgan fingerprint density at radius 2 is 1.68 bits per heavy atom. The van der Waals surface area contributed by atoms with Crippen LogP contribution in [0.5, 0.6) is 0 Å². The molecule has 1 atom stereocenters. The molecule has 0 aliphatic rings. The highest BCUT2D eigenvalue weighted by molar-refractivity contribution is 7.89. The molecule has 7 heteroatoms. The van der Waals surface area contributed by atoms with Crippen LogP contribution in [-0.4, -0.2) is 49.7 Å². The molecule has 0 N–H and O–H groups in total. The van der Waals surface area contributed by atoms with Crippen molar-refractivity contribution in [2.24, 2.45) is 0 Å². The Hall–Kier alpha value is -1.89. The van der Waals surface area contributed by atoms with Crippen molar-refractivity contribution in [1.29, 1.82) is 0 Å². The van der Waals surface area contributed by atoms with Crippen molar-refractivity contribution in [3.8, 4) is 0 Å². The molecule has 0 saturated heterocycles. The summed E-state index contributed by atoms with van der Waals surface area (Å²) in [6.07, 6.45) is 0.677. The number of carbonyl (C=O) groups is 1. The fourth-order valence-electron chi connectivity index (χ4n) is 3.00. The van der Waals surface area contributed by atoms with Crippen molar-refractivity contribution in [2.75, 3.05) is 20.1 Å². The van der Waals surface area contributed by atoms with Gasteiger partial charge in [0.25, 0.3) is 5.91 Å². The van der Waals surface area contributed by atoms with Crippen molar-refractivity contribution >= 4 is 27.5 Å². The van der Waals surface area contributed by atoms with Gasteiger partial charge in [0.15, 0.2) is 0 Å². The van der Waals surface area contributed by atoms with Crippen LogP contribution in [0.2, 0.25) is 5.02 Å². The number of hydrogen-bond acceptors (Lipinski definition) is 3. The molecule has 2 rings (SSSR count). The molecule has 0 aromatic heterocycles. The minimum atomic E-state index is -3.61. The SMILES string of the molecule is CCN(CC)S(=O)(=O)c1cccc(C(=O)N(C)C(C)Cc2ccc(Cl)cc2)c1. The van der Waals surface area contributed by atoms with E-state index in [-0.39, 0.29) is 16.8 Å². The van der Waals surface area contributed by atoms with E-state index >= 15 is 0 Å². The first-order valence-corrected chi connectivity index (χ1v) is 11.1. The van der Waals surface area contributed by atoms with Crippen molar-refractivity contribution in [1.82, 2.24) is 9.21 Å². The molecule has 2 aromatic carbocycles. The zero-order valence-electron chi connectivity index (χ0n) is 16.7. The Balaban J connectivity index is 2.20. The topological polar surface area (TPSA) is 57.7 Å². The van der Waals surface area contributed by atoms with Crippen LogP contribution < -0.4 is 0 Å². The van der Waals surface area contributed by atoms with Crippen LogP contribution in [0.1, 0.15) is 36.7 Å². The first kappa shape index (κ1) is 22.4. The number of benzene rings is 2. The van der Waals surface area contributed by atoms with Crippen LogP contribution in [-0.2, 0) is 16.4 Å². The number of rotatable bonds is 8. The van der Waals surface area contributed by atoms with Gasteiger partial charge in [-0.3, -0.25) is 4.79 Å². The number of sulfonamides is 1. The molecule has 0 bridgehead atoms. The van der Waals surface area contributed by atoms with E-state index in [1.165, 1.54) is 16.4 Å². The molecule has 0 fully saturated rings. The van der Waals surface area contributed by atoms with Gasteiger partial charge >= 0.3 is 0 Å². The molecule has 0 radical (unpaired) electrons. The van der Waals surface area contributed by atoms with E-state index in [4.69, 9.17) is 11.6 Å². The molecule has 0 aliphatic carbocycles. The largest absolute Gasteiger partial charge is 0.339 e. The quantitative estimate of drug-likeness (QED) is 0.644. The minimum absolute atomic E-state index is 0.0586. The Kier molecular flexibility index (Phi) is 7.63. The molecule has 2 aromatic rings. The van der Waals surface area contributed by atoms with Crippen LogP contribution in [0.25, 0.3) is 0 Å². The highest BCUT2D eigenvalue weighted by Crippen LogP contribution is 2.19. The summed E-state index contributed by atoms with van der Waals surface area (Å²) in [4.78, 5) is 14.7. The van der Waals surface area contributed by atoms with Gasteiger partial charge in [0.05, 0.1) is 4.90 Å². The fourth-order valence-corrected chi connectivity index (χ4v) is 4.63. The van der Waals surface area contributed by atoms with Crippen LogP contribution in [0, 0.1) is 0 Å². The Labute approximate surface area is 173 Å². The monoisotopic (exact) mass is 422 g/mol. The van der Waals surface area contributed by atoms with Gasteiger partial charge < -0.3 is 4.90 Å². The highest BCUT2D eigenvalue weighted by Gasteiger charge is 2.24. The number of hydrogen-bond donors (Lipinski definition) is 0. The first-order chi connectivity index (χ1) is 13.2. The third-order valence-corrected chi connectivity index (χ3v) is 7.15. The standard InChI is InChI=1S/C21H27ClN2O3S/c1-5-24(6-2)28(26,27)20-9-7-8-18(15-20)21(25)23(4)16(3)14-17-10-12-19(22)13-11-17/h7-13,15-16H,5-6,14H2,1-4H3. The average Bonchev–Trinajstić information content (AvgIpc) is 2.69. The summed E-state index contributed by atoms with van der Waals surface area (Å²) in [5.74, 6) is -0.210. The van der Waals surface area contributed by atoms with Gasteiger partial charge in [-0.2, -0.15) is 4.31 Å². The number of nitrogens with zero attached hydrogens (tertiary/aromatic N) is 2. The number of halogens is 1. The summed E-state index contributed by atoms with van der Waals surface area (Å²) >= 11 is 5.92. The maximum absolute atomic E-state index is 12.9. The van der Waals surface area contributed by atoms with Gasteiger partial charge in [-0.25, -0.2) is 8.42 Å². The van der Waals surface area contributed by atoms with Gasteiger partial charge in [0, 0.05) is 36.8 Å². The number of likely N-dealkylation sites (N-methyl/N-ethyl adjacent to an activating group) is 1. The van der Waals surface area contributed by atoms with Crippen LogP contribution in [0.15, 0.2) is 53.4 Å². The second-order valence-corrected chi connectivity index (χ2v) is 9.09. The molecular formula is C21H27ClN2O3S. The van der Waals surface area contributed by atoms with Gasteiger partial charge in [0.2, 0.25) is 10.0 Å². The van der Waals surface area contributed by atoms with Gasteiger partial charge in [0.1, 0.15) is 0 Å². The van der Waals surface area contributed by atoms with Crippen molar-refractivity contribution in [3.63, 3.8) is 0 Å². The van der Waals surface area contributed by atoms with E-state index in [0.29, 0.717) is 30.1 Å². The molecular weight excluding hydrogens is 396 g/mol. The van der Waals surface area contributed by atoms with Gasteiger partial charge in [-0.1, -0.05) is 43.6 Å². The normalized spacial score (nSPS) is 12.8. The molecule has 5 nitrogen and oxygen atoms in total. The van der Waals surface area contributed by atoms with Crippen LogP contribution in [0.3, 0.4) is 0 Å². The molecule has 1 amide bonds. The predicted octanol–water partition coefficient (Wildman–Crippen LogP) is 4.07. The highest BCUT2D eigenvalue weighted by atomic mass is 35.5. The maximum atomic E-state index is 12.9. The summed E-state index contributed by atoms with van der Waals surface area (Å²) in [6.45, 7) is 6.32. The first-order valence-electron chi connectivity index (χ1n) is 9.32. The smallest absolute Gasteiger partial charge is 0.253 e. The van der Waals surface area contributed by atoms with Gasteiger partial charge in [-0.05, 0) is 49.2 Å². The summed E-state index contributed by atoms with van der Waals surface area (Å²) in [5, 5.41) is 0.673. The fraction of sp³-hybridized carbons (Fsp3) is 0.381. The Bertz CT molecular complexity index is 910. The molecule has 28 heavy (non-hydrogen) atoms. The average molecular weight is 423 g/mol. The van der Waals surface area contributed by atoms with Crippen LogP contribution in [0.4, 0.5) is 0 Å². The zero-order chi connectivity index (χ0) is 20.9. The van der Waals surface area contributed by atoms with E-state index in [1.54, 1.807) is 37.9 Å². The van der Waals surface area contributed by atoms with Crippen LogP contribution >= 0.6 is 11.6 Å². The summed E-state index contributed by atoms with van der Waals surface area (Å²) in [5.41, 5.74) is 1.44. The van der Waals surface area contributed by atoms with Crippen molar-refractivity contribution in [2.45, 2.75) is 38.1 Å². The molecule has 152 valence electrons. The molecule has 0 aliphatic heterocycles. The molecule has 0 heterocycles. The van der Waals surface area contributed by atoms with E-state index < -0.39 is 10.0 Å². The Morgan fingerprint density at radius 1 is 1.07 bits per heavy atom. The number of amides is 1. The predicted molar refractivity (Wildman–Crippen MR) is 113 cm³/mol. The second-order valence-electron chi connectivity index (χ2n) is 6.71. The van der Waals surface area contributed by atoms with E-state index in [1.807, 2.05) is 31.2 Å². The maximum Gasteiger partial charge on any atom is 0.253 e. The lowest BCUT2D eigenvalue weighted by molar-refractivity contribution is 0.0743. The zero-order valence-corrected chi connectivity index (χ0v) is 18.3. The summed E-state index contributed by atoms with van der Waals surface area (Å²) < 4.78 is 26.8. The molecule has 1 unspecified atom stereocenters. The lowest BCUT2D eigenvalue weighted by atomic mass is 10.1. The lowest BCUT2D eigenvalue weighted by Crippen LogP contribution is -2.36. The molecule has 0 saturated carbocycles. The summed E-state index contributed by atoms with van der Waals surface area (Å²) in [7, 11) is -1.88. The van der Waals surface area contributed by atoms with E-state index in [0.717, 1.165) is 5.56 Å². The lowest BCUT2D eigenvalue weighted by Gasteiger charge is -2.25. The second kappa shape index (κ2) is 9.54. The molecule has 0 spiro atoms.